The average Bonchev–Trinajstić information content (AvgIpc) is 4.04. The lowest BCUT2D eigenvalue weighted by atomic mass is 9.80. The molecule has 74 heavy (non-hydrogen) atoms. The van der Waals surface area contributed by atoms with Crippen LogP contribution in [0.15, 0.2) is 72.8 Å². The summed E-state index contributed by atoms with van der Waals surface area (Å²) in [5.41, 5.74) is 5.41. The van der Waals surface area contributed by atoms with Crippen LogP contribution < -0.4 is 10.6 Å². The van der Waals surface area contributed by atoms with E-state index in [1.165, 1.54) is 24.3 Å². The largest absolute Gasteiger partial charge is 0.383 e. The van der Waals surface area contributed by atoms with Crippen LogP contribution >= 0.6 is 0 Å². The van der Waals surface area contributed by atoms with Crippen LogP contribution in [-0.2, 0) is 67.6 Å². The second-order valence-corrected chi connectivity index (χ2v) is 19.1. The van der Waals surface area contributed by atoms with Crippen LogP contribution in [0.3, 0.4) is 0 Å². The lowest BCUT2D eigenvalue weighted by Gasteiger charge is -2.32. The van der Waals surface area contributed by atoms with E-state index in [0.29, 0.717) is 38.5 Å². The standard InChI is InChI=1S/C56H68F2N6O10/c1-71-24-20-61(21-25-72-2)55(69)49-31-43-35-63(33-41(43)29-47(49)51(65)59-18-16-37-8-12-45(57)13-9-37)53(67)39-6-5-7-40(28-39)54(68)64-34-42-30-48(52(66)60-19-17-38-10-14-46(58)15-11-38)50(32-44(42)36-64)56(70)62(22-26-73-3)23-27-74-4/h8-15,29-32,39-40H,5-7,16-28,33-36H2,1-4H3,(H,59,65)(H,60,66)/t39-,40+. The number of carbonyl (C=O) groups is 6. The van der Waals surface area contributed by atoms with E-state index in [4.69, 9.17) is 18.9 Å². The topological polar surface area (TPSA) is 176 Å². The van der Waals surface area contributed by atoms with E-state index in [1.54, 1.807) is 96.6 Å². The van der Waals surface area contributed by atoms with Gasteiger partial charge in [-0.1, -0.05) is 30.7 Å². The summed E-state index contributed by atoms with van der Waals surface area (Å²) in [4.78, 5) is 91.9. The third-order valence-electron chi connectivity index (χ3n) is 14.1. The van der Waals surface area contributed by atoms with Crippen molar-refractivity contribution in [2.24, 2.45) is 11.8 Å². The third kappa shape index (κ3) is 14.0. The first kappa shape index (κ1) is 55.2. The normalized spacial score (nSPS) is 15.9. The number of amides is 6. The molecule has 0 saturated heterocycles. The monoisotopic (exact) mass is 1020 g/mol. The predicted molar refractivity (Wildman–Crippen MR) is 271 cm³/mol. The molecule has 18 heteroatoms. The van der Waals surface area contributed by atoms with Crippen LogP contribution in [0, 0.1) is 23.5 Å². The number of nitrogens with one attached hydrogen (secondary N) is 2. The molecule has 0 unspecified atom stereocenters. The Morgan fingerprint density at radius 3 is 1.16 bits per heavy atom. The summed E-state index contributed by atoms with van der Waals surface area (Å²) in [7, 11) is 6.17. The lowest BCUT2D eigenvalue weighted by molar-refractivity contribution is -0.142. The first-order valence-electron chi connectivity index (χ1n) is 25.3. The van der Waals surface area contributed by atoms with Gasteiger partial charge in [0.2, 0.25) is 11.8 Å². The van der Waals surface area contributed by atoms with Gasteiger partial charge in [-0.3, -0.25) is 28.8 Å². The third-order valence-corrected chi connectivity index (χ3v) is 14.1. The molecular weight excluding hydrogens is 955 g/mol. The molecule has 1 saturated carbocycles. The molecule has 396 valence electrons. The van der Waals surface area contributed by atoms with Gasteiger partial charge in [0, 0.05) is 106 Å². The van der Waals surface area contributed by atoms with Gasteiger partial charge in [0.15, 0.2) is 0 Å². The average molecular weight is 1020 g/mol. The smallest absolute Gasteiger partial charge is 0.254 e. The minimum Gasteiger partial charge on any atom is -0.383 e. The van der Waals surface area contributed by atoms with E-state index in [2.05, 4.69) is 10.6 Å². The fourth-order valence-electron chi connectivity index (χ4n) is 10.0. The summed E-state index contributed by atoms with van der Waals surface area (Å²) in [6.45, 7) is 3.52. The van der Waals surface area contributed by atoms with Crippen LogP contribution in [-0.4, -0.2) is 149 Å². The summed E-state index contributed by atoms with van der Waals surface area (Å²) in [5, 5.41) is 5.86. The number of hydrogen-bond acceptors (Lipinski definition) is 10. The SMILES string of the molecule is COCCN(CCOC)C(=O)c1cc2c(cc1C(=O)NCCc1ccc(F)cc1)CN(C(=O)[C@@H]1CCC[C@H](C(=O)N3Cc4cc(C(=O)NCCc5ccc(F)cc5)c(C(=O)N(CCOC)CCOC)cc4C3)C1)C2. The van der Waals surface area contributed by atoms with Gasteiger partial charge in [-0.25, -0.2) is 8.78 Å². The van der Waals surface area contributed by atoms with Crippen molar-refractivity contribution < 1.29 is 56.5 Å². The Bertz CT molecular complexity index is 2440. The second-order valence-electron chi connectivity index (χ2n) is 19.1. The number of halogens is 2. The Hall–Kier alpha value is -6.60. The summed E-state index contributed by atoms with van der Waals surface area (Å²) in [5.74, 6) is -3.45. The van der Waals surface area contributed by atoms with Gasteiger partial charge in [-0.05, 0) is 114 Å². The molecule has 4 aromatic rings. The molecule has 1 fully saturated rings. The molecule has 3 aliphatic rings. The molecule has 2 N–H and O–H groups in total. The summed E-state index contributed by atoms with van der Waals surface area (Å²) < 4.78 is 48.2. The molecule has 16 nitrogen and oxygen atoms in total. The number of nitrogens with zero attached hydrogens (tertiary/aromatic N) is 4. The summed E-state index contributed by atoms with van der Waals surface area (Å²) in [6, 6.07) is 18.9. The van der Waals surface area contributed by atoms with Crippen LogP contribution in [0.5, 0.6) is 0 Å². The van der Waals surface area contributed by atoms with E-state index >= 15 is 0 Å². The highest BCUT2D eigenvalue weighted by Gasteiger charge is 2.39. The van der Waals surface area contributed by atoms with Crippen LogP contribution in [0.2, 0.25) is 0 Å². The Balaban J connectivity index is 1.05. The number of ether oxygens (including phenoxy) is 4. The molecule has 0 aromatic heterocycles. The van der Waals surface area contributed by atoms with Gasteiger partial charge >= 0.3 is 0 Å². The van der Waals surface area contributed by atoms with Crippen molar-refractivity contribution in [3.05, 3.63) is 140 Å². The number of rotatable bonds is 24. The van der Waals surface area contributed by atoms with E-state index < -0.39 is 23.7 Å². The highest BCUT2D eigenvalue weighted by molar-refractivity contribution is 6.08. The Morgan fingerprint density at radius 1 is 0.514 bits per heavy atom. The zero-order chi connectivity index (χ0) is 52.7. The van der Waals surface area contributed by atoms with Crippen LogP contribution in [0.25, 0.3) is 0 Å². The van der Waals surface area contributed by atoms with E-state index in [-0.39, 0.29) is 149 Å². The number of fused-ring (bicyclic) bond motifs is 2. The molecule has 0 spiro atoms. The maximum atomic E-state index is 14.5. The molecular formula is C56H68F2N6O10. The zero-order valence-electron chi connectivity index (χ0n) is 42.9. The molecule has 1 aliphatic carbocycles. The van der Waals surface area contributed by atoms with Gasteiger partial charge < -0.3 is 49.2 Å². The van der Waals surface area contributed by atoms with Crippen molar-refractivity contribution >= 4 is 35.4 Å². The van der Waals surface area contributed by atoms with Crippen molar-refractivity contribution in [2.45, 2.75) is 64.7 Å². The van der Waals surface area contributed by atoms with E-state index in [0.717, 1.165) is 33.4 Å². The zero-order valence-corrected chi connectivity index (χ0v) is 42.9. The van der Waals surface area contributed by atoms with Crippen LogP contribution in [0.1, 0.15) is 100 Å². The first-order chi connectivity index (χ1) is 35.8. The Morgan fingerprint density at radius 2 is 0.838 bits per heavy atom. The van der Waals surface area contributed by atoms with Crippen molar-refractivity contribution in [3.63, 3.8) is 0 Å². The summed E-state index contributed by atoms with van der Waals surface area (Å²) >= 11 is 0. The van der Waals surface area contributed by atoms with Crippen LogP contribution in [0.4, 0.5) is 8.78 Å². The molecule has 2 atom stereocenters. The minimum atomic E-state index is -0.453. The molecule has 7 rings (SSSR count). The maximum absolute atomic E-state index is 14.5. The highest BCUT2D eigenvalue weighted by atomic mass is 19.1. The number of carbonyl (C=O) groups excluding carboxylic acids is 6. The number of hydrogen-bond donors (Lipinski definition) is 2. The van der Waals surface area contributed by atoms with Crippen molar-refractivity contribution in [2.75, 3.05) is 94.1 Å². The maximum Gasteiger partial charge on any atom is 0.254 e. The quantitative estimate of drug-likeness (QED) is 0.0903. The van der Waals surface area contributed by atoms with Gasteiger partial charge in [-0.2, -0.15) is 0 Å². The lowest BCUT2D eigenvalue weighted by Crippen LogP contribution is -2.39. The van der Waals surface area contributed by atoms with Crippen molar-refractivity contribution in [1.29, 1.82) is 0 Å². The van der Waals surface area contributed by atoms with Crippen molar-refractivity contribution in [1.82, 2.24) is 30.2 Å². The number of benzene rings is 4. The van der Waals surface area contributed by atoms with Gasteiger partial charge in [0.25, 0.3) is 23.6 Å². The molecule has 4 aromatic carbocycles. The van der Waals surface area contributed by atoms with Crippen molar-refractivity contribution in [3.8, 4) is 0 Å². The summed E-state index contributed by atoms with van der Waals surface area (Å²) in [6.07, 6.45) is 3.09. The fourth-order valence-corrected chi connectivity index (χ4v) is 10.0. The van der Waals surface area contributed by atoms with Gasteiger partial charge in [-0.15, -0.1) is 0 Å². The van der Waals surface area contributed by atoms with E-state index in [1.807, 2.05) is 0 Å². The van der Waals surface area contributed by atoms with Gasteiger partial charge in [0.1, 0.15) is 11.6 Å². The Labute approximate surface area is 431 Å². The van der Waals surface area contributed by atoms with Gasteiger partial charge in [0.05, 0.1) is 48.7 Å². The molecule has 2 aliphatic heterocycles. The first-order valence-corrected chi connectivity index (χ1v) is 25.3. The predicted octanol–water partition coefficient (Wildman–Crippen LogP) is 5.57. The molecule has 6 amide bonds. The second kappa shape index (κ2) is 26.6. The molecule has 2 heterocycles. The van der Waals surface area contributed by atoms with E-state index in [9.17, 15) is 37.5 Å². The Kier molecular flexibility index (Phi) is 19.8. The number of methoxy groups -OCH3 is 4. The molecule has 0 bridgehead atoms. The highest BCUT2D eigenvalue weighted by Crippen LogP contribution is 2.37. The molecule has 0 radical (unpaired) electrons. The minimum absolute atomic E-state index is 0.104. The fraction of sp³-hybridized carbons (Fsp3) is 0.464.